The summed E-state index contributed by atoms with van der Waals surface area (Å²) in [6.45, 7) is 3.22. The van der Waals surface area contributed by atoms with Gasteiger partial charge in [0.1, 0.15) is 10.7 Å². The van der Waals surface area contributed by atoms with Crippen LogP contribution in [0.2, 0.25) is 0 Å². The monoisotopic (exact) mass is 278 g/mol. The lowest BCUT2D eigenvalue weighted by molar-refractivity contribution is 0.278. The van der Waals surface area contributed by atoms with Crippen molar-refractivity contribution in [3.05, 3.63) is 18.1 Å². The van der Waals surface area contributed by atoms with Crippen molar-refractivity contribution in [2.75, 3.05) is 11.9 Å². The fraction of sp³-hybridized carbons (Fsp3) is 0.643. The van der Waals surface area contributed by atoms with E-state index in [2.05, 4.69) is 22.2 Å². The maximum atomic E-state index is 5.65. The zero-order valence-electron chi connectivity index (χ0n) is 11.4. The second-order valence-electron chi connectivity index (χ2n) is 5.29. The summed E-state index contributed by atoms with van der Waals surface area (Å²) in [5.41, 5.74) is 6.25. The fourth-order valence-corrected chi connectivity index (χ4v) is 2.88. The Morgan fingerprint density at radius 2 is 1.89 bits per heavy atom. The Morgan fingerprint density at radius 1 is 1.26 bits per heavy atom. The minimum Gasteiger partial charge on any atom is -0.388 e. The van der Waals surface area contributed by atoms with E-state index in [9.17, 15) is 0 Å². The van der Waals surface area contributed by atoms with Gasteiger partial charge in [-0.3, -0.25) is 0 Å². The van der Waals surface area contributed by atoms with E-state index in [-0.39, 0.29) is 0 Å². The molecule has 1 saturated carbocycles. The van der Waals surface area contributed by atoms with Crippen molar-refractivity contribution in [3.63, 3.8) is 0 Å². The molecule has 0 amide bonds. The van der Waals surface area contributed by atoms with Gasteiger partial charge in [-0.1, -0.05) is 38.4 Å². The van der Waals surface area contributed by atoms with E-state index in [1.807, 2.05) is 0 Å². The molecule has 1 aromatic rings. The SMILES string of the molecule is CCC1CCC(CNc2nccnc2C(N)=S)CC1. The van der Waals surface area contributed by atoms with Crippen LogP contribution in [-0.2, 0) is 0 Å². The van der Waals surface area contributed by atoms with Gasteiger partial charge in [0.2, 0.25) is 0 Å². The molecule has 3 N–H and O–H groups in total. The molecule has 1 aliphatic rings. The topological polar surface area (TPSA) is 63.8 Å². The summed E-state index contributed by atoms with van der Waals surface area (Å²) in [7, 11) is 0. The molecule has 0 saturated heterocycles. The Kier molecular flexibility index (Phi) is 5.07. The molecule has 1 heterocycles. The van der Waals surface area contributed by atoms with Gasteiger partial charge in [-0.15, -0.1) is 0 Å². The predicted molar refractivity (Wildman–Crippen MR) is 82.1 cm³/mol. The van der Waals surface area contributed by atoms with Crippen molar-refractivity contribution < 1.29 is 0 Å². The summed E-state index contributed by atoms with van der Waals surface area (Å²) < 4.78 is 0. The van der Waals surface area contributed by atoms with Gasteiger partial charge < -0.3 is 11.1 Å². The number of hydrogen-bond acceptors (Lipinski definition) is 4. The van der Waals surface area contributed by atoms with Crippen LogP contribution in [0.1, 0.15) is 44.7 Å². The van der Waals surface area contributed by atoms with Crippen LogP contribution >= 0.6 is 12.2 Å². The van der Waals surface area contributed by atoms with Gasteiger partial charge in [0.05, 0.1) is 0 Å². The molecular weight excluding hydrogens is 256 g/mol. The molecule has 1 aliphatic carbocycles. The van der Waals surface area contributed by atoms with E-state index in [4.69, 9.17) is 18.0 Å². The molecule has 104 valence electrons. The van der Waals surface area contributed by atoms with Crippen molar-refractivity contribution in [1.82, 2.24) is 9.97 Å². The lowest BCUT2D eigenvalue weighted by Gasteiger charge is -2.28. The first-order valence-electron chi connectivity index (χ1n) is 7.05. The molecule has 0 radical (unpaired) electrons. The standard InChI is InChI=1S/C14H22N4S/c1-2-10-3-5-11(6-4-10)9-18-14-12(13(15)19)16-7-8-17-14/h7-8,10-11H,2-6,9H2,1H3,(H2,15,19)(H,17,18). The van der Waals surface area contributed by atoms with Crippen molar-refractivity contribution >= 4 is 23.0 Å². The highest BCUT2D eigenvalue weighted by Gasteiger charge is 2.20. The van der Waals surface area contributed by atoms with Gasteiger partial charge in [0, 0.05) is 18.9 Å². The first-order valence-corrected chi connectivity index (χ1v) is 7.46. The summed E-state index contributed by atoms with van der Waals surface area (Å²) in [6, 6.07) is 0. The van der Waals surface area contributed by atoms with Crippen LogP contribution in [0.25, 0.3) is 0 Å². The second kappa shape index (κ2) is 6.80. The molecule has 1 fully saturated rings. The third-order valence-electron chi connectivity index (χ3n) is 4.03. The van der Waals surface area contributed by atoms with Crippen LogP contribution in [0.15, 0.2) is 12.4 Å². The number of nitrogens with zero attached hydrogens (tertiary/aromatic N) is 2. The second-order valence-corrected chi connectivity index (χ2v) is 5.73. The Labute approximate surface area is 120 Å². The van der Waals surface area contributed by atoms with E-state index in [0.717, 1.165) is 18.4 Å². The molecule has 19 heavy (non-hydrogen) atoms. The van der Waals surface area contributed by atoms with Gasteiger partial charge >= 0.3 is 0 Å². The summed E-state index contributed by atoms with van der Waals surface area (Å²) >= 11 is 4.99. The molecule has 0 atom stereocenters. The largest absolute Gasteiger partial charge is 0.388 e. The minimum atomic E-state index is 0.297. The van der Waals surface area contributed by atoms with Crippen LogP contribution in [0, 0.1) is 11.8 Å². The van der Waals surface area contributed by atoms with E-state index >= 15 is 0 Å². The first kappa shape index (κ1) is 14.2. The van der Waals surface area contributed by atoms with Crippen molar-refractivity contribution in [3.8, 4) is 0 Å². The highest BCUT2D eigenvalue weighted by molar-refractivity contribution is 7.80. The zero-order valence-corrected chi connectivity index (χ0v) is 12.2. The molecular formula is C14H22N4S. The summed E-state index contributed by atoms with van der Waals surface area (Å²) in [6.07, 6.45) is 9.90. The zero-order chi connectivity index (χ0) is 13.7. The van der Waals surface area contributed by atoms with Gasteiger partial charge in [-0.05, 0) is 24.7 Å². The molecule has 0 spiro atoms. The molecule has 4 nitrogen and oxygen atoms in total. The molecule has 0 aromatic carbocycles. The maximum Gasteiger partial charge on any atom is 0.155 e. The Balaban J connectivity index is 1.88. The van der Waals surface area contributed by atoms with Crippen molar-refractivity contribution in [1.29, 1.82) is 0 Å². The first-order chi connectivity index (χ1) is 9.20. The highest BCUT2D eigenvalue weighted by atomic mass is 32.1. The van der Waals surface area contributed by atoms with Crippen molar-refractivity contribution in [2.24, 2.45) is 17.6 Å². The summed E-state index contributed by atoms with van der Waals surface area (Å²) in [5.74, 6) is 2.37. The molecule has 2 rings (SSSR count). The third kappa shape index (κ3) is 3.86. The van der Waals surface area contributed by atoms with Gasteiger partial charge in [-0.25, -0.2) is 9.97 Å². The highest BCUT2D eigenvalue weighted by Crippen LogP contribution is 2.30. The van der Waals surface area contributed by atoms with E-state index in [1.54, 1.807) is 12.4 Å². The van der Waals surface area contributed by atoms with Crippen LogP contribution < -0.4 is 11.1 Å². The number of thiocarbonyl (C=S) groups is 1. The van der Waals surface area contributed by atoms with Crippen LogP contribution in [0.4, 0.5) is 5.82 Å². The average molecular weight is 278 g/mol. The number of nitrogens with two attached hydrogens (primary N) is 1. The lowest BCUT2D eigenvalue weighted by atomic mass is 9.81. The van der Waals surface area contributed by atoms with Crippen LogP contribution in [0.5, 0.6) is 0 Å². The third-order valence-corrected chi connectivity index (χ3v) is 4.23. The molecule has 5 heteroatoms. The number of rotatable bonds is 5. The predicted octanol–water partition coefficient (Wildman–Crippen LogP) is 2.74. The number of hydrogen-bond donors (Lipinski definition) is 2. The number of anilines is 1. The normalized spacial score (nSPS) is 23.0. The Bertz CT molecular complexity index is 427. The Hall–Kier alpha value is -1.23. The average Bonchev–Trinajstić information content (AvgIpc) is 2.46. The Morgan fingerprint density at radius 3 is 2.53 bits per heavy atom. The van der Waals surface area contributed by atoms with Crippen LogP contribution in [-0.4, -0.2) is 21.5 Å². The quantitative estimate of drug-likeness (QED) is 0.811. The minimum absolute atomic E-state index is 0.297. The molecule has 1 aromatic heterocycles. The maximum absolute atomic E-state index is 5.65. The molecule has 0 aliphatic heterocycles. The van der Waals surface area contributed by atoms with Gasteiger partial charge in [0.25, 0.3) is 0 Å². The van der Waals surface area contributed by atoms with E-state index < -0.39 is 0 Å². The van der Waals surface area contributed by atoms with E-state index in [1.165, 1.54) is 32.1 Å². The summed E-state index contributed by atoms with van der Waals surface area (Å²) in [4.78, 5) is 8.75. The lowest BCUT2D eigenvalue weighted by Crippen LogP contribution is -2.23. The fourth-order valence-electron chi connectivity index (χ4n) is 2.73. The van der Waals surface area contributed by atoms with Crippen molar-refractivity contribution in [2.45, 2.75) is 39.0 Å². The smallest absolute Gasteiger partial charge is 0.155 e. The van der Waals surface area contributed by atoms with Gasteiger partial charge in [0.15, 0.2) is 5.82 Å². The summed E-state index contributed by atoms with van der Waals surface area (Å²) in [5, 5.41) is 3.36. The van der Waals surface area contributed by atoms with Gasteiger partial charge in [-0.2, -0.15) is 0 Å². The van der Waals surface area contributed by atoms with Crippen LogP contribution in [0.3, 0.4) is 0 Å². The van der Waals surface area contributed by atoms with E-state index in [0.29, 0.717) is 16.5 Å². The number of aromatic nitrogens is 2. The molecule has 0 unspecified atom stereocenters. The number of nitrogens with one attached hydrogen (secondary N) is 1. The molecule has 0 bridgehead atoms.